The monoisotopic (exact) mass is 196 g/mol. The number of phenolic OH excluding ortho intramolecular Hbond substituents is 1. The van der Waals surface area contributed by atoms with E-state index >= 15 is 0 Å². The lowest BCUT2D eigenvalue weighted by molar-refractivity contribution is 0.0717. The Morgan fingerprint density at radius 1 is 1.43 bits per heavy atom. The summed E-state index contributed by atoms with van der Waals surface area (Å²) in [5.74, 6) is 5.79. The van der Waals surface area contributed by atoms with Crippen LogP contribution in [0.3, 0.4) is 0 Å². The minimum absolute atomic E-state index is 0.0643. The number of nitrogens with zero attached hydrogens (tertiary/aromatic N) is 1. The van der Waals surface area contributed by atoms with Crippen LogP contribution in [0.4, 0.5) is 0 Å². The second-order valence-corrected chi connectivity index (χ2v) is 3.26. The molecular weight excluding hydrogens is 180 g/mol. The molecule has 0 heterocycles. The highest BCUT2D eigenvalue weighted by molar-refractivity contribution is 5.27. The molecule has 1 aromatic carbocycles. The molecule has 3 N–H and O–H groups in total. The summed E-state index contributed by atoms with van der Waals surface area (Å²) in [5.41, 5.74) is 1.00. The largest absolute Gasteiger partial charge is 0.508 e. The molecule has 0 saturated heterocycles. The van der Waals surface area contributed by atoms with Crippen molar-refractivity contribution in [2.45, 2.75) is 6.10 Å². The maximum atomic E-state index is 9.12. The Kier molecular flexibility index (Phi) is 3.88. The summed E-state index contributed by atoms with van der Waals surface area (Å²) >= 11 is 0. The highest BCUT2D eigenvalue weighted by Crippen LogP contribution is 2.19. The molecule has 0 bridgehead atoms. The van der Waals surface area contributed by atoms with E-state index in [-0.39, 0.29) is 11.9 Å². The fourth-order valence-electron chi connectivity index (χ4n) is 1.27. The Morgan fingerprint density at radius 2 is 2.00 bits per heavy atom. The molecule has 0 saturated carbocycles. The van der Waals surface area contributed by atoms with Gasteiger partial charge in [-0.3, -0.25) is 5.84 Å². The molecule has 0 fully saturated rings. The molecule has 0 spiro atoms. The average molecular weight is 196 g/mol. The number of likely N-dealkylation sites (N-methyl/N-ethyl adjacent to an activating group) is 1. The number of nitrogens with two attached hydrogens (primary N) is 1. The van der Waals surface area contributed by atoms with E-state index in [0.29, 0.717) is 6.54 Å². The van der Waals surface area contributed by atoms with E-state index in [9.17, 15) is 0 Å². The quantitative estimate of drug-likeness (QED) is 0.554. The molecule has 4 nitrogen and oxygen atoms in total. The summed E-state index contributed by atoms with van der Waals surface area (Å²) < 4.78 is 5.28. The van der Waals surface area contributed by atoms with Crippen molar-refractivity contribution in [2.75, 3.05) is 20.7 Å². The van der Waals surface area contributed by atoms with Crippen LogP contribution in [0.1, 0.15) is 11.7 Å². The first-order valence-electron chi connectivity index (χ1n) is 4.41. The summed E-state index contributed by atoms with van der Waals surface area (Å²) in [7, 11) is 3.42. The summed E-state index contributed by atoms with van der Waals surface area (Å²) in [6.45, 7) is 0.612. The van der Waals surface area contributed by atoms with Crippen LogP contribution >= 0.6 is 0 Å². The smallest absolute Gasteiger partial charge is 0.115 e. The van der Waals surface area contributed by atoms with Gasteiger partial charge in [0.15, 0.2) is 0 Å². The number of ether oxygens (including phenoxy) is 1. The Morgan fingerprint density at radius 3 is 2.43 bits per heavy atom. The van der Waals surface area contributed by atoms with Gasteiger partial charge in [-0.1, -0.05) is 12.1 Å². The van der Waals surface area contributed by atoms with Gasteiger partial charge in [-0.15, -0.1) is 0 Å². The Labute approximate surface area is 83.9 Å². The van der Waals surface area contributed by atoms with Crippen molar-refractivity contribution in [2.24, 2.45) is 5.84 Å². The second kappa shape index (κ2) is 4.95. The van der Waals surface area contributed by atoms with Crippen LogP contribution in [-0.2, 0) is 4.74 Å². The first-order valence-corrected chi connectivity index (χ1v) is 4.41. The van der Waals surface area contributed by atoms with Crippen molar-refractivity contribution in [3.63, 3.8) is 0 Å². The molecule has 0 aliphatic heterocycles. The van der Waals surface area contributed by atoms with Gasteiger partial charge < -0.3 is 9.84 Å². The minimum atomic E-state index is -0.0643. The van der Waals surface area contributed by atoms with E-state index in [4.69, 9.17) is 15.7 Å². The zero-order valence-electron chi connectivity index (χ0n) is 8.47. The minimum Gasteiger partial charge on any atom is -0.508 e. The summed E-state index contributed by atoms with van der Waals surface area (Å²) in [6, 6.07) is 6.93. The fraction of sp³-hybridized carbons (Fsp3) is 0.400. The third-order valence-electron chi connectivity index (χ3n) is 2.00. The highest BCUT2D eigenvalue weighted by Gasteiger charge is 2.11. The molecule has 1 rings (SSSR count). The van der Waals surface area contributed by atoms with E-state index in [2.05, 4.69) is 0 Å². The SMILES string of the molecule is COC(CN(C)N)c1ccc(O)cc1. The average Bonchev–Trinajstić information content (AvgIpc) is 2.15. The third-order valence-corrected chi connectivity index (χ3v) is 2.00. The number of aromatic hydroxyl groups is 1. The number of rotatable bonds is 4. The number of benzene rings is 1. The maximum absolute atomic E-state index is 9.12. The summed E-state index contributed by atoms with van der Waals surface area (Å²) in [5, 5.41) is 10.7. The molecule has 1 unspecified atom stereocenters. The molecule has 1 atom stereocenters. The third kappa shape index (κ3) is 2.99. The first kappa shape index (κ1) is 11.0. The number of hydrogen-bond donors (Lipinski definition) is 2. The maximum Gasteiger partial charge on any atom is 0.115 e. The zero-order chi connectivity index (χ0) is 10.6. The number of phenols is 1. The van der Waals surface area contributed by atoms with E-state index in [1.807, 2.05) is 12.1 Å². The van der Waals surface area contributed by atoms with Gasteiger partial charge in [0.2, 0.25) is 0 Å². The van der Waals surface area contributed by atoms with Crippen LogP contribution in [0.2, 0.25) is 0 Å². The van der Waals surface area contributed by atoms with E-state index < -0.39 is 0 Å². The van der Waals surface area contributed by atoms with E-state index in [1.165, 1.54) is 0 Å². The number of methoxy groups -OCH3 is 1. The van der Waals surface area contributed by atoms with Gasteiger partial charge in [0.1, 0.15) is 5.75 Å². The van der Waals surface area contributed by atoms with Gasteiger partial charge in [0.05, 0.1) is 6.10 Å². The summed E-state index contributed by atoms with van der Waals surface area (Å²) in [4.78, 5) is 0. The number of hydrogen-bond acceptors (Lipinski definition) is 4. The molecule has 0 aliphatic rings. The van der Waals surface area contributed by atoms with Crippen molar-refractivity contribution in [3.8, 4) is 5.75 Å². The Balaban J connectivity index is 2.73. The predicted molar refractivity (Wildman–Crippen MR) is 54.7 cm³/mol. The van der Waals surface area contributed by atoms with Crippen LogP contribution in [0.5, 0.6) is 5.75 Å². The highest BCUT2D eigenvalue weighted by atomic mass is 16.5. The lowest BCUT2D eigenvalue weighted by atomic mass is 10.1. The van der Waals surface area contributed by atoms with Crippen molar-refractivity contribution in [3.05, 3.63) is 29.8 Å². The zero-order valence-corrected chi connectivity index (χ0v) is 8.47. The van der Waals surface area contributed by atoms with Crippen LogP contribution < -0.4 is 5.84 Å². The van der Waals surface area contributed by atoms with Crippen LogP contribution in [0.15, 0.2) is 24.3 Å². The van der Waals surface area contributed by atoms with E-state index in [1.54, 1.807) is 31.3 Å². The van der Waals surface area contributed by atoms with Crippen molar-refractivity contribution in [1.29, 1.82) is 0 Å². The normalized spacial score (nSPS) is 13.1. The number of hydrazine groups is 1. The van der Waals surface area contributed by atoms with E-state index in [0.717, 1.165) is 5.56 Å². The van der Waals surface area contributed by atoms with Crippen molar-refractivity contribution >= 4 is 0 Å². The van der Waals surface area contributed by atoms with Gasteiger partial charge in [-0.25, -0.2) is 5.01 Å². The molecule has 0 amide bonds. The van der Waals surface area contributed by atoms with Crippen LogP contribution in [0, 0.1) is 0 Å². The van der Waals surface area contributed by atoms with Crippen LogP contribution in [0.25, 0.3) is 0 Å². The summed E-state index contributed by atoms with van der Waals surface area (Å²) in [6.07, 6.45) is -0.0643. The van der Waals surface area contributed by atoms with Gasteiger partial charge in [-0.05, 0) is 17.7 Å². The van der Waals surface area contributed by atoms with Gasteiger partial charge in [0.25, 0.3) is 0 Å². The Bertz CT molecular complexity index is 272. The Hall–Kier alpha value is -1.10. The molecule has 4 heteroatoms. The molecule has 1 aromatic rings. The molecule has 78 valence electrons. The van der Waals surface area contributed by atoms with Crippen molar-refractivity contribution in [1.82, 2.24) is 5.01 Å². The fourth-order valence-corrected chi connectivity index (χ4v) is 1.27. The predicted octanol–water partition coefficient (Wildman–Crippen LogP) is 0.885. The lowest BCUT2D eigenvalue weighted by Crippen LogP contribution is -2.31. The molecular formula is C10H16N2O2. The molecule has 0 aromatic heterocycles. The van der Waals surface area contributed by atoms with Crippen molar-refractivity contribution < 1.29 is 9.84 Å². The van der Waals surface area contributed by atoms with Crippen LogP contribution in [-0.4, -0.2) is 30.8 Å². The topological polar surface area (TPSA) is 58.7 Å². The van der Waals surface area contributed by atoms with Gasteiger partial charge >= 0.3 is 0 Å². The second-order valence-electron chi connectivity index (χ2n) is 3.26. The molecule has 14 heavy (non-hydrogen) atoms. The molecule has 0 radical (unpaired) electrons. The standard InChI is InChI=1S/C10H16N2O2/c1-12(11)7-10(14-2)8-3-5-9(13)6-4-8/h3-6,10,13H,7,11H2,1-2H3. The van der Waals surface area contributed by atoms with Gasteiger partial charge in [0, 0.05) is 20.7 Å². The first-order chi connectivity index (χ1) is 6.63. The lowest BCUT2D eigenvalue weighted by Gasteiger charge is -2.19. The van der Waals surface area contributed by atoms with Gasteiger partial charge in [-0.2, -0.15) is 0 Å². The molecule has 0 aliphatic carbocycles.